The number of carboxylic acid groups (broad SMARTS) is 1. The van der Waals surface area contributed by atoms with E-state index in [-0.39, 0.29) is 24.3 Å². The number of nitrogens with zero attached hydrogens (tertiary/aromatic N) is 6. The second-order valence-electron chi connectivity index (χ2n) is 10.0. The second-order valence-corrected chi connectivity index (χ2v) is 10.0. The van der Waals surface area contributed by atoms with Gasteiger partial charge in [-0.3, -0.25) is 4.79 Å². The number of carboxylic acids is 1. The number of ether oxygens (including phenoxy) is 1. The normalized spacial score (nSPS) is 16.5. The molecule has 1 aromatic carbocycles. The van der Waals surface area contributed by atoms with Crippen molar-refractivity contribution in [3.63, 3.8) is 0 Å². The Morgan fingerprint density at radius 3 is 2.26 bits per heavy atom. The Kier molecular flexibility index (Phi) is 8.99. The van der Waals surface area contributed by atoms with Crippen LogP contribution in [-0.4, -0.2) is 100 Å². The molecule has 4 rings (SSSR count). The zero-order chi connectivity index (χ0) is 27.9. The zero-order valence-electron chi connectivity index (χ0n) is 22.6. The summed E-state index contributed by atoms with van der Waals surface area (Å²) in [5, 5.41) is 16.3. The number of hydrogen-bond acceptors (Lipinski definition) is 10. The Hall–Kier alpha value is -4.16. The fraction of sp³-hybridized carbons (Fsp3) is 0.538. The Bertz CT molecular complexity index is 1160. The molecular weight excluding hydrogens is 504 g/mol. The average molecular weight is 541 g/mol. The van der Waals surface area contributed by atoms with E-state index in [2.05, 4.69) is 25.6 Å². The zero-order valence-corrected chi connectivity index (χ0v) is 22.6. The maximum atomic E-state index is 12.2. The summed E-state index contributed by atoms with van der Waals surface area (Å²) in [5.41, 5.74) is 0.735. The van der Waals surface area contributed by atoms with Crippen LogP contribution in [0.5, 0.6) is 5.75 Å². The number of carbonyl (C=O) groups is 3. The molecule has 3 N–H and O–H groups in total. The summed E-state index contributed by atoms with van der Waals surface area (Å²) in [7, 11) is 3.18. The maximum absolute atomic E-state index is 12.2. The van der Waals surface area contributed by atoms with Crippen LogP contribution in [0.3, 0.4) is 0 Å². The van der Waals surface area contributed by atoms with E-state index in [0.29, 0.717) is 43.8 Å². The summed E-state index contributed by atoms with van der Waals surface area (Å²) in [5.74, 6) is 0.349. The first-order valence-electron chi connectivity index (χ1n) is 13.2. The van der Waals surface area contributed by atoms with Crippen LogP contribution in [0, 0.1) is 0 Å². The molecule has 1 aliphatic heterocycles. The van der Waals surface area contributed by atoms with Crippen LogP contribution in [-0.2, 0) is 16.0 Å². The minimum atomic E-state index is -1.06. The highest BCUT2D eigenvalue weighted by Gasteiger charge is 2.25. The number of piperazine rings is 1. The maximum Gasteiger partial charge on any atom is 0.414 e. The lowest BCUT2D eigenvalue weighted by Gasteiger charge is -2.34. The summed E-state index contributed by atoms with van der Waals surface area (Å²) < 4.78 is 5.23. The molecule has 39 heavy (non-hydrogen) atoms. The Labute approximate surface area is 227 Å². The molecule has 2 aliphatic rings. The van der Waals surface area contributed by atoms with Crippen molar-refractivity contribution >= 4 is 35.8 Å². The molecule has 2 fully saturated rings. The van der Waals surface area contributed by atoms with Crippen molar-refractivity contribution in [3.8, 4) is 5.75 Å². The monoisotopic (exact) mass is 540 g/mol. The standard InChI is InChI=1S/C26H36N8O5/c1-17(35)33-12-14-34(15-13-33)25-30-23(27-19-6-4-5-7-19)29-24(31-25)28-21(22(36)37)16-18-8-10-20(11-9-18)39-26(38)32(2)3/h8-11,19,21H,4-7,12-16H2,1-3H3,(H,36,37)(H2,27,28,29,30,31)/t21-/m0/s1. The molecule has 13 heteroatoms. The number of rotatable bonds is 9. The predicted molar refractivity (Wildman–Crippen MR) is 145 cm³/mol. The minimum absolute atomic E-state index is 0.0319. The van der Waals surface area contributed by atoms with Gasteiger partial charge in [0.2, 0.25) is 23.8 Å². The van der Waals surface area contributed by atoms with E-state index in [0.717, 1.165) is 31.2 Å². The third-order valence-corrected chi connectivity index (χ3v) is 6.85. The number of carbonyl (C=O) groups excluding carboxylic acids is 2. The number of aromatic nitrogens is 3. The fourth-order valence-corrected chi connectivity index (χ4v) is 4.59. The largest absolute Gasteiger partial charge is 0.480 e. The van der Waals surface area contributed by atoms with Crippen LogP contribution < -0.4 is 20.3 Å². The highest BCUT2D eigenvalue weighted by molar-refractivity contribution is 5.77. The summed E-state index contributed by atoms with van der Waals surface area (Å²) in [4.78, 5) is 54.4. The quantitative estimate of drug-likeness (QED) is 0.428. The van der Waals surface area contributed by atoms with Crippen LogP contribution >= 0.6 is 0 Å². The van der Waals surface area contributed by atoms with Gasteiger partial charge in [0.25, 0.3) is 0 Å². The number of nitrogens with one attached hydrogen (secondary N) is 2. The Morgan fingerprint density at radius 1 is 1.03 bits per heavy atom. The van der Waals surface area contributed by atoms with Crippen LogP contribution in [0.4, 0.5) is 22.6 Å². The van der Waals surface area contributed by atoms with Crippen LogP contribution in [0.15, 0.2) is 24.3 Å². The number of aliphatic carboxylic acids is 1. The molecule has 2 aromatic rings. The van der Waals surface area contributed by atoms with E-state index in [1.165, 1.54) is 4.90 Å². The van der Waals surface area contributed by atoms with Crippen LogP contribution in [0.2, 0.25) is 0 Å². The van der Waals surface area contributed by atoms with Gasteiger partial charge in [0.05, 0.1) is 0 Å². The SMILES string of the molecule is CC(=O)N1CCN(c2nc(NC3CCCC3)nc(N[C@@H](Cc3ccc(OC(=O)N(C)C)cc3)C(=O)O)n2)CC1. The van der Waals surface area contributed by atoms with E-state index < -0.39 is 18.1 Å². The third kappa shape index (κ3) is 7.68. The molecule has 1 saturated carbocycles. The highest BCUT2D eigenvalue weighted by atomic mass is 16.6. The van der Waals surface area contributed by atoms with Gasteiger partial charge in [0, 0.05) is 59.7 Å². The van der Waals surface area contributed by atoms with Gasteiger partial charge in [-0.1, -0.05) is 25.0 Å². The van der Waals surface area contributed by atoms with Gasteiger partial charge in [0.15, 0.2) is 0 Å². The number of amides is 2. The van der Waals surface area contributed by atoms with Gasteiger partial charge in [0.1, 0.15) is 11.8 Å². The molecular formula is C26H36N8O5. The molecule has 2 heterocycles. The van der Waals surface area contributed by atoms with Crippen molar-refractivity contribution in [2.24, 2.45) is 0 Å². The van der Waals surface area contributed by atoms with Crippen LogP contribution in [0.1, 0.15) is 38.2 Å². The van der Waals surface area contributed by atoms with Gasteiger partial charge in [-0.15, -0.1) is 0 Å². The van der Waals surface area contributed by atoms with Gasteiger partial charge < -0.3 is 35.2 Å². The van der Waals surface area contributed by atoms with Crippen molar-refractivity contribution < 1.29 is 24.2 Å². The predicted octanol–water partition coefficient (Wildman–Crippen LogP) is 2.06. The Morgan fingerprint density at radius 2 is 1.67 bits per heavy atom. The fourth-order valence-electron chi connectivity index (χ4n) is 4.59. The molecule has 1 aromatic heterocycles. The summed E-state index contributed by atoms with van der Waals surface area (Å²) in [6, 6.07) is 5.94. The lowest BCUT2D eigenvalue weighted by Crippen LogP contribution is -2.48. The molecule has 1 saturated heterocycles. The van der Waals surface area contributed by atoms with E-state index in [1.54, 1.807) is 50.2 Å². The van der Waals surface area contributed by atoms with Crippen molar-refractivity contribution in [2.45, 2.75) is 51.1 Å². The number of hydrogen-bond donors (Lipinski definition) is 3. The van der Waals surface area contributed by atoms with Gasteiger partial charge in [-0.05, 0) is 30.5 Å². The molecule has 13 nitrogen and oxygen atoms in total. The lowest BCUT2D eigenvalue weighted by atomic mass is 10.1. The summed E-state index contributed by atoms with van der Waals surface area (Å²) in [6.07, 6.45) is 3.99. The molecule has 2 amide bonds. The van der Waals surface area contributed by atoms with Gasteiger partial charge in [-0.25, -0.2) is 9.59 Å². The molecule has 0 radical (unpaired) electrons. The molecule has 0 unspecified atom stereocenters. The summed E-state index contributed by atoms with van der Waals surface area (Å²) in [6.45, 7) is 3.82. The van der Waals surface area contributed by atoms with Gasteiger partial charge in [-0.2, -0.15) is 15.0 Å². The number of benzene rings is 1. The second kappa shape index (κ2) is 12.6. The molecule has 0 spiro atoms. The lowest BCUT2D eigenvalue weighted by molar-refractivity contribution is -0.138. The van der Waals surface area contributed by atoms with E-state index in [9.17, 15) is 19.5 Å². The number of anilines is 3. The van der Waals surface area contributed by atoms with Crippen molar-refractivity contribution in [1.82, 2.24) is 24.8 Å². The van der Waals surface area contributed by atoms with Crippen LogP contribution in [0.25, 0.3) is 0 Å². The highest BCUT2D eigenvalue weighted by Crippen LogP contribution is 2.23. The molecule has 210 valence electrons. The van der Waals surface area contributed by atoms with E-state index in [1.807, 2.05) is 4.90 Å². The van der Waals surface area contributed by atoms with Crippen molar-refractivity contribution in [2.75, 3.05) is 55.8 Å². The first-order chi connectivity index (χ1) is 18.7. The first kappa shape index (κ1) is 27.9. The van der Waals surface area contributed by atoms with Crippen molar-refractivity contribution in [1.29, 1.82) is 0 Å². The Balaban J connectivity index is 1.50. The van der Waals surface area contributed by atoms with E-state index >= 15 is 0 Å². The molecule has 1 atom stereocenters. The van der Waals surface area contributed by atoms with Crippen molar-refractivity contribution in [3.05, 3.63) is 29.8 Å². The van der Waals surface area contributed by atoms with Gasteiger partial charge >= 0.3 is 12.1 Å². The molecule has 1 aliphatic carbocycles. The average Bonchev–Trinajstić information content (AvgIpc) is 3.42. The molecule has 0 bridgehead atoms. The first-order valence-corrected chi connectivity index (χ1v) is 13.2. The topological polar surface area (TPSA) is 153 Å². The minimum Gasteiger partial charge on any atom is -0.480 e. The third-order valence-electron chi connectivity index (χ3n) is 6.85. The van der Waals surface area contributed by atoms with E-state index in [4.69, 9.17) is 4.74 Å². The summed E-state index contributed by atoms with van der Waals surface area (Å²) >= 11 is 0. The smallest absolute Gasteiger partial charge is 0.414 e.